The Kier molecular flexibility index (Phi) is 32.2. The van der Waals surface area contributed by atoms with Gasteiger partial charge >= 0.3 is 5.97 Å². The minimum Gasteiger partial charge on any atom is -0.462 e. The standard InChI is InChI=1S/C36H71NO5/c1-3-5-7-9-14-20-26-35(27-21-15-10-8-6-4-2)42-36(41)28-22-16-13-18-24-30-37(34(32-39)33-40)29-23-17-11-12-19-25-31-38/h31,34-35,39-40H,3-30,32-33H2,1-2H3. The van der Waals surface area contributed by atoms with E-state index in [-0.39, 0.29) is 31.3 Å². The molecule has 0 aromatic carbocycles. The zero-order valence-electron chi connectivity index (χ0n) is 28.0. The molecule has 0 heterocycles. The van der Waals surface area contributed by atoms with Crippen LogP contribution in [0.5, 0.6) is 0 Å². The molecule has 0 amide bonds. The van der Waals surface area contributed by atoms with E-state index in [9.17, 15) is 19.8 Å². The van der Waals surface area contributed by atoms with Crippen LogP contribution in [0.25, 0.3) is 0 Å². The van der Waals surface area contributed by atoms with Crippen molar-refractivity contribution < 1.29 is 24.5 Å². The number of unbranched alkanes of at least 4 members (excludes halogenated alkanes) is 19. The number of esters is 1. The van der Waals surface area contributed by atoms with E-state index in [1.54, 1.807) is 0 Å². The van der Waals surface area contributed by atoms with Crippen LogP contribution in [0, 0.1) is 0 Å². The molecule has 6 heteroatoms. The minimum absolute atomic E-state index is 0.0111. The van der Waals surface area contributed by atoms with Gasteiger partial charge in [0.05, 0.1) is 19.3 Å². The Morgan fingerprint density at radius 2 is 1.05 bits per heavy atom. The van der Waals surface area contributed by atoms with Crippen LogP contribution in [0.4, 0.5) is 0 Å². The second-order valence-corrected chi connectivity index (χ2v) is 12.5. The first kappa shape index (κ1) is 41.0. The van der Waals surface area contributed by atoms with Gasteiger partial charge in [0.25, 0.3) is 0 Å². The fourth-order valence-corrected chi connectivity index (χ4v) is 5.76. The van der Waals surface area contributed by atoms with E-state index < -0.39 is 0 Å². The molecule has 0 saturated heterocycles. The van der Waals surface area contributed by atoms with Crippen LogP contribution in [-0.4, -0.2) is 65.8 Å². The fraction of sp³-hybridized carbons (Fsp3) is 0.944. The molecule has 2 N–H and O–H groups in total. The summed E-state index contributed by atoms with van der Waals surface area (Å²) in [5.74, 6) is -0.0111. The molecule has 0 fully saturated rings. The van der Waals surface area contributed by atoms with Gasteiger partial charge in [0, 0.05) is 12.8 Å². The van der Waals surface area contributed by atoms with E-state index in [0.717, 1.165) is 96.4 Å². The van der Waals surface area contributed by atoms with Crippen molar-refractivity contribution in [3.8, 4) is 0 Å². The van der Waals surface area contributed by atoms with Crippen molar-refractivity contribution in [3.05, 3.63) is 0 Å². The Bertz CT molecular complexity index is 553. The minimum atomic E-state index is -0.185. The molecule has 0 atom stereocenters. The highest BCUT2D eigenvalue weighted by molar-refractivity contribution is 5.69. The first-order valence-electron chi connectivity index (χ1n) is 18.2. The van der Waals surface area contributed by atoms with Crippen LogP contribution in [0.3, 0.4) is 0 Å². The number of aldehydes is 1. The third-order valence-electron chi connectivity index (χ3n) is 8.59. The van der Waals surface area contributed by atoms with Crippen LogP contribution in [0.15, 0.2) is 0 Å². The third-order valence-corrected chi connectivity index (χ3v) is 8.59. The number of aliphatic hydroxyl groups excluding tert-OH is 2. The van der Waals surface area contributed by atoms with Crippen LogP contribution in [-0.2, 0) is 14.3 Å². The lowest BCUT2D eigenvalue weighted by Gasteiger charge is -2.29. The van der Waals surface area contributed by atoms with Gasteiger partial charge in [-0.15, -0.1) is 0 Å². The molecule has 250 valence electrons. The smallest absolute Gasteiger partial charge is 0.306 e. The van der Waals surface area contributed by atoms with E-state index in [0.29, 0.717) is 12.8 Å². The molecule has 42 heavy (non-hydrogen) atoms. The summed E-state index contributed by atoms with van der Waals surface area (Å²) in [4.78, 5) is 25.3. The second-order valence-electron chi connectivity index (χ2n) is 12.5. The van der Waals surface area contributed by atoms with Gasteiger partial charge in [0.1, 0.15) is 12.4 Å². The predicted molar refractivity (Wildman–Crippen MR) is 177 cm³/mol. The number of rotatable bonds is 34. The lowest BCUT2D eigenvalue weighted by molar-refractivity contribution is -0.150. The van der Waals surface area contributed by atoms with Gasteiger partial charge in [-0.05, 0) is 64.5 Å². The summed E-state index contributed by atoms with van der Waals surface area (Å²) in [5.41, 5.74) is 0. The molecule has 0 aliphatic carbocycles. The molecule has 0 aliphatic rings. The first-order chi connectivity index (χ1) is 20.6. The molecule has 6 nitrogen and oxygen atoms in total. The van der Waals surface area contributed by atoms with Crippen molar-refractivity contribution >= 4 is 12.3 Å². The van der Waals surface area contributed by atoms with Crippen LogP contribution < -0.4 is 0 Å². The number of aliphatic hydroxyl groups is 2. The molecule has 0 aliphatic heterocycles. The van der Waals surface area contributed by atoms with E-state index in [4.69, 9.17) is 4.74 Å². The summed E-state index contributed by atoms with van der Waals surface area (Å²) in [6.45, 7) is 6.25. The summed E-state index contributed by atoms with van der Waals surface area (Å²) in [6, 6.07) is -0.185. The molecule has 0 bridgehead atoms. The van der Waals surface area contributed by atoms with Crippen molar-refractivity contribution in [1.29, 1.82) is 0 Å². The molecule has 0 aromatic rings. The number of hydrogen-bond acceptors (Lipinski definition) is 6. The van der Waals surface area contributed by atoms with E-state index in [1.807, 2.05) is 0 Å². The van der Waals surface area contributed by atoms with Gasteiger partial charge in [-0.2, -0.15) is 0 Å². The summed E-state index contributed by atoms with van der Waals surface area (Å²) in [5, 5.41) is 19.4. The van der Waals surface area contributed by atoms with Gasteiger partial charge in [0.15, 0.2) is 0 Å². The molecule has 0 aromatic heterocycles. The van der Waals surface area contributed by atoms with Gasteiger partial charge in [-0.25, -0.2) is 0 Å². The normalized spacial score (nSPS) is 11.7. The Morgan fingerprint density at radius 1 is 0.619 bits per heavy atom. The third kappa shape index (κ3) is 26.6. The van der Waals surface area contributed by atoms with Crippen LogP contribution in [0.1, 0.15) is 181 Å². The van der Waals surface area contributed by atoms with E-state index >= 15 is 0 Å². The van der Waals surface area contributed by atoms with Crippen molar-refractivity contribution in [2.24, 2.45) is 0 Å². The zero-order valence-corrected chi connectivity index (χ0v) is 28.0. The van der Waals surface area contributed by atoms with Crippen LogP contribution >= 0.6 is 0 Å². The topological polar surface area (TPSA) is 87.1 Å². The van der Waals surface area contributed by atoms with Crippen molar-refractivity contribution in [2.75, 3.05) is 26.3 Å². The molecule has 0 radical (unpaired) electrons. The van der Waals surface area contributed by atoms with Gasteiger partial charge in [-0.1, -0.05) is 117 Å². The average molecular weight is 598 g/mol. The Hall–Kier alpha value is -0.980. The van der Waals surface area contributed by atoms with Crippen molar-refractivity contribution in [2.45, 2.75) is 193 Å². The van der Waals surface area contributed by atoms with Gasteiger partial charge in [0.2, 0.25) is 0 Å². The van der Waals surface area contributed by atoms with Gasteiger partial charge in [-0.3, -0.25) is 9.69 Å². The Balaban J connectivity index is 4.22. The molecule has 0 rings (SSSR count). The van der Waals surface area contributed by atoms with E-state index in [2.05, 4.69) is 18.7 Å². The number of hydrogen-bond donors (Lipinski definition) is 2. The predicted octanol–water partition coefficient (Wildman–Crippen LogP) is 8.93. The highest BCUT2D eigenvalue weighted by atomic mass is 16.5. The molecular weight excluding hydrogens is 526 g/mol. The largest absolute Gasteiger partial charge is 0.462 e. The van der Waals surface area contributed by atoms with Crippen LogP contribution in [0.2, 0.25) is 0 Å². The maximum absolute atomic E-state index is 12.6. The highest BCUT2D eigenvalue weighted by Crippen LogP contribution is 2.18. The fourth-order valence-electron chi connectivity index (χ4n) is 5.76. The number of ether oxygens (including phenoxy) is 1. The summed E-state index contributed by atoms with van der Waals surface area (Å²) in [7, 11) is 0. The summed E-state index contributed by atoms with van der Waals surface area (Å²) in [6.07, 6.45) is 30.1. The lowest BCUT2D eigenvalue weighted by Crippen LogP contribution is -2.41. The van der Waals surface area contributed by atoms with Gasteiger partial charge < -0.3 is 19.7 Å². The molecule has 0 spiro atoms. The Morgan fingerprint density at radius 3 is 1.52 bits per heavy atom. The number of carbonyl (C=O) groups excluding carboxylic acids is 2. The maximum atomic E-state index is 12.6. The van der Waals surface area contributed by atoms with Crippen molar-refractivity contribution in [3.63, 3.8) is 0 Å². The van der Waals surface area contributed by atoms with E-state index in [1.165, 1.54) is 77.0 Å². The molecule has 0 unspecified atom stereocenters. The number of nitrogens with zero attached hydrogens (tertiary/aromatic N) is 1. The number of carbonyl (C=O) groups is 2. The molecular formula is C36H71NO5. The maximum Gasteiger partial charge on any atom is 0.306 e. The highest BCUT2D eigenvalue weighted by Gasteiger charge is 2.17. The summed E-state index contributed by atoms with van der Waals surface area (Å²) < 4.78 is 5.98. The zero-order chi connectivity index (χ0) is 30.9. The lowest BCUT2D eigenvalue weighted by atomic mass is 10.0. The second kappa shape index (κ2) is 32.9. The average Bonchev–Trinajstić information content (AvgIpc) is 2.99. The SMILES string of the molecule is CCCCCCCCC(CCCCCCCC)OC(=O)CCCCCCCN(CCCCCCCC=O)C(CO)CO. The quantitative estimate of drug-likeness (QED) is 0.0437. The monoisotopic (exact) mass is 598 g/mol. The summed E-state index contributed by atoms with van der Waals surface area (Å²) >= 11 is 0. The first-order valence-corrected chi connectivity index (χ1v) is 18.2. The molecule has 0 saturated carbocycles. The Labute approximate surface area is 260 Å². The van der Waals surface area contributed by atoms with Crippen molar-refractivity contribution in [1.82, 2.24) is 4.90 Å².